The lowest BCUT2D eigenvalue weighted by atomic mass is 9.73. The molecule has 25 heavy (non-hydrogen) atoms. The first-order chi connectivity index (χ1) is 11.8. The summed E-state index contributed by atoms with van der Waals surface area (Å²) in [6.07, 6.45) is 0. The van der Waals surface area contributed by atoms with E-state index >= 15 is 0 Å². The summed E-state index contributed by atoms with van der Waals surface area (Å²) in [4.78, 5) is 0. The van der Waals surface area contributed by atoms with Gasteiger partial charge < -0.3 is 5.11 Å². The van der Waals surface area contributed by atoms with Crippen LogP contribution < -0.4 is 0 Å². The van der Waals surface area contributed by atoms with E-state index in [1.807, 2.05) is 18.2 Å². The van der Waals surface area contributed by atoms with Crippen molar-refractivity contribution < 1.29 is 5.11 Å². The van der Waals surface area contributed by atoms with Crippen molar-refractivity contribution in [3.63, 3.8) is 0 Å². The molecule has 0 spiro atoms. The zero-order valence-electron chi connectivity index (χ0n) is 15.5. The molecule has 3 aromatic carbocycles. The van der Waals surface area contributed by atoms with Gasteiger partial charge in [0.1, 0.15) is 5.75 Å². The zero-order chi connectivity index (χ0) is 18.1. The predicted molar refractivity (Wildman–Crippen MR) is 105 cm³/mol. The van der Waals surface area contributed by atoms with Crippen LogP contribution in [-0.4, -0.2) is 5.11 Å². The highest BCUT2D eigenvalue weighted by atomic mass is 16.3. The molecule has 0 aliphatic heterocycles. The molecule has 0 aliphatic rings. The number of para-hydroxylation sites is 1. The Morgan fingerprint density at radius 2 is 1.08 bits per heavy atom. The Morgan fingerprint density at radius 3 is 1.72 bits per heavy atom. The van der Waals surface area contributed by atoms with Crippen LogP contribution in [0.4, 0.5) is 0 Å². The van der Waals surface area contributed by atoms with Gasteiger partial charge in [-0.05, 0) is 22.8 Å². The third-order valence-electron chi connectivity index (χ3n) is 5.38. The van der Waals surface area contributed by atoms with Crippen LogP contribution in [0.1, 0.15) is 49.9 Å². The smallest absolute Gasteiger partial charge is 0.119 e. The zero-order valence-corrected chi connectivity index (χ0v) is 15.5. The molecule has 0 bridgehead atoms. The van der Waals surface area contributed by atoms with E-state index in [9.17, 15) is 5.11 Å². The van der Waals surface area contributed by atoms with Crippen molar-refractivity contribution >= 4 is 0 Å². The molecule has 3 rings (SSSR count). The Morgan fingerprint density at radius 1 is 0.560 bits per heavy atom. The fourth-order valence-electron chi connectivity index (χ4n) is 3.48. The van der Waals surface area contributed by atoms with E-state index in [0.29, 0.717) is 5.75 Å². The predicted octanol–water partition coefficient (Wildman–Crippen LogP) is 6.04. The molecule has 0 fully saturated rings. The van der Waals surface area contributed by atoms with Crippen molar-refractivity contribution in [2.45, 2.75) is 38.5 Å². The van der Waals surface area contributed by atoms with Crippen LogP contribution in [-0.2, 0) is 10.8 Å². The van der Waals surface area contributed by atoms with Crippen molar-refractivity contribution in [3.8, 4) is 5.75 Å². The van der Waals surface area contributed by atoms with Crippen LogP contribution in [0.3, 0.4) is 0 Å². The van der Waals surface area contributed by atoms with Crippen LogP contribution in [0.2, 0.25) is 0 Å². The molecular weight excluding hydrogens is 304 g/mol. The topological polar surface area (TPSA) is 20.2 Å². The van der Waals surface area contributed by atoms with Gasteiger partial charge in [0.05, 0.1) is 0 Å². The van der Waals surface area contributed by atoms with Gasteiger partial charge >= 0.3 is 0 Å². The molecule has 128 valence electrons. The summed E-state index contributed by atoms with van der Waals surface area (Å²) in [6.45, 7) is 8.84. The minimum Gasteiger partial charge on any atom is -0.508 e. The number of hydrogen-bond acceptors (Lipinski definition) is 1. The van der Waals surface area contributed by atoms with Gasteiger partial charge in [-0.25, -0.2) is 0 Å². The fraction of sp³-hybridized carbons (Fsp3) is 0.250. The molecule has 1 N–H and O–H groups in total. The number of benzene rings is 3. The molecular formula is C24H26O. The van der Waals surface area contributed by atoms with E-state index < -0.39 is 0 Å². The number of phenolic OH excluding ortho intramolecular Hbond substituents is 1. The van der Waals surface area contributed by atoms with Crippen molar-refractivity contribution in [3.05, 3.63) is 101 Å². The molecule has 0 radical (unpaired) electrons. The molecule has 3 aromatic rings. The van der Waals surface area contributed by atoms with Gasteiger partial charge in [-0.15, -0.1) is 0 Å². The van der Waals surface area contributed by atoms with Crippen LogP contribution in [0.25, 0.3) is 0 Å². The molecule has 0 saturated heterocycles. The SMILES string of the molecule is CC(C)(c1ccccc1)c1cccc(C(C)(C)c2ccccc2O)c1. The highest BCUT2D eigenvalue weighted by Crippen LogP contribution is 2.39. The number of phenols is 1. The summed E-state index contributed by atoms with van der Waals surface area (Å²) in [5, 5.41) is 10.3. The van der Waals surface area contributed by atoms with E-state index in [0.717, 1.165) is 5.56 Å². The second-order valence-corrected chi connectivity index (χ2v) is 7.71. The largest absolute Gasteiger partial charge is 0.508 e. The lowest BCUT2D eigenvalue weighted by Crippen LogP contribution is -2.23. The maximum absolute atomic E-state index is 10.3. The lowest BCUT2D eigenvalue weighted by Gasteiger charge is -2.31. The van der Waals surface area contributed by atoms with Crippen LogP contribution in [0.5, 0.6) is 5.75 Å². The monoisotopic (exact) mass is 330 g/mol. The fourth-order valence-corrected chi connectivity index (χ4v) is 3.48. The first-order valence-corrected chi connectivity index (χ1v) is 8.78. The molecule has 0 amide bonds. The Hall–Kier alpha value is -2.54. The summed E-state index contributed by atoms with van der Waals surface area (Å²) >= 11 is 0. The second-order valence-electron chi connectivity index (χ2n) is 7.71. The van der Waals surface area contributed by atoms with Gasteiger partial charge in [0, 0.05) is 16.4 Å². The number of hydrogen-bond donors (Lipinski definition) is 1. The number of aromatic hydroxyl groups is 1. The van der Waals surface area contributed by atoms with Crippen molar-refractivity contribution in [1.29, 1.82) is 0 Å². The third-order valence-corrected chi connectivity index (χ3v) is 5.38. The highest BCUT2D eigenvalue weighted by Gasteiger charge is 2.29. The highest BCUT2D eigenvalue weighted by molar-refractivity contribution is 5.48. The van der Waals surface area contributed by atoms with Crippen molar-refractivity contribution in [2.75, 3.05) is 0 Å². The van der Waals surface area contributed by atoms with E-state index in [-0.39, 0.29) is 10.8 Å². The summed E-state index contributed by atoms with van der Waals surface area (Å²) in [5.74, 6) is 0.347. The molecule has 0 heterocycles. The van der Waals surface area contributed by atoms with E-state index in [4.69, 9.17) is 0 Å². The summed E-state index contributed by atoms with van der Waals surface area (Å²) in [5.41, 5.74) is 4.38. The quantitative estimate of drug-likeness (QED) is 0.618. The Kier molecular flexibility index (Phi) is 4.43. The van der Waals surface area contributed by atoms with Crippen molar-refractivity contribution in [2.24, 2.45) is 0 Å². The van der Waals surface area contributed by atoms with E-state index in [1.165, 1.54) is 16.7 Å². The van der Waals surface area contributed by atoms with Gasteiger partial charge in [0.2, 0.25) is 0 Å². The Balaban J connectivity index is 2.07. The average molecular weight is 330 g/mol. The van der Waals surface area contributed by atoms with Crippen LogP contribution >= 0.6 is 0 Å². The maximum Gasteiger partial charge on any atom is 0.119 e. The van der Waals surface area contributed by atoms with Gasteiger partial charge in [-0.2, -0.15) is 0 Å². The molecule has 1 nitrogen and oxygen atoms in total. The minimum atomic E-state index is -0.270. The second kappa shape index (κ2) is 6.40. The average Bonchev–Trinajstić information content (AvgIpc) is 2.63. The Labute approximate surface area is 151 Å². The molecule has 0 aliphatic carbocycles. The molecule has 0 atom stereocenters. The molecule has 0 aromatic heterocycles. The summed E-state index contributed by atoms with van der Waals surface area (Å²) in [7, 11) is 0. The van der Waals surface area contributed by atoms with Gasteiger partial charge in [-0.3, -0.25) is 0 Å². The molecule has 0 unspecified atom stereocenters. The summed E-state index contributed by atoms with van der Waals surface area (Å²) < 4.78 is 0. The van der Waals surface area contributed by atoms with Crippen LogP contribution in [0.15, 0.2) is 78.9 Å². The van der Waals surface area contributed by atoms with E-state index in [2.05, 4.69) is 82.3 Å². The first-order valence-electron chi connectivity index (χ1n) is 8.78. The van der Waals surface area contributed by atoms with Gasteiger partial charge in [-0.1, -0.05) is 100 Å². The standard InChI is InChI=1S/C24H26O/c1-23(2,18-11-6-5-7-12-18)19-13-10-14-20(17-19)24(3,4)21-15-8-9-16-22(21)25/h5-17,25H,1-4H3. The molecule has 1 heteroatoms. The molecule has 0 saturated carbocycles. The maximum atomic E-state index is 10.3. The normalized spacial score (nSPS) is 12.2. The van der Waals surface area contributed by atoms with Crippen LogP contribution in [0, 0.1) is 0 Å². The number of rotatable bonds is 4. The first kappa shape index (κ1) is 17.3. The third kappa shape index (κ3) is 3.19. The summed E-state index contributed by atoms with van der Waals surface area (Å²) in [6, 6.07) is 26.9. The lowest BCUT2D eigenvalue weighted by molar-refractivity contribution is 0.453. The van der Waals surface area contributed by atoms with E-state index in [1.54, 1.807) is 6.07 Å². The van der Waals surface area contributed by atoms with Gasteiger partial charge in [0.25, 0.3) is 0 Å². The van der Waals surface area contributed by atoms with Crippen molar-refractivity contribution in [1.82, 2.24) is 0 Å². The minimum absolute atomic E-state index is 0.0773. The Bertz CT molecular complexity index is 860. The van der Waals surface area contributed by atoms with Gasteiger partial charge in [0.15, 0.2) is 0 Å².